The van der Waals surface area contributed by atoms with E-state index < -0.39 is 5.66 Å². The first-order valence-corrected chi connectivity index (χ1v) is 7.80. The van der Waals surface area contributed by atoms with Gasteiger partial charge in [0.15, 0.2) is 5.69 Å². The topological polar surface area (TPSA) is 53.7 Å². The summed E-state index contributed by atoms with van der Waals surface area (Å²) in [5, 5.41) is 7.70. The highest BCUT2D eigenvalue weighted by atomic mass is 79.9. The maximum atomic E-state index is 12.4. The third-order valence-corrected chi connectivity index (χ3v) is 4.43. The number of nitrogens with one attached hydrogen (secondary N) is 1. The van der Waals surface area contributed by atoms with E-state index in [-0.39, 0.29) is 6.03 Å². The SMILES string of the molecule is O=C1NC2(CCOc3ccccc32)N=[N+]1c1ccc(Br)cc1. The molecule has 0 saturated carbocycles. The number of urea groups is 1. The van der Waals surface area contributed by atoms with Crippen LogP contribution in [-0.4, -0.2) is 17.3 Å². The third-order valence-electron chi connectivity index (χ3n) is 3.90. The van der Waals surface area contributed by atoms with Gasteiger partial charge in [-0.1, -0.05) is 37.9 Å². The first-order chi connectivity index (χ1) is 10.7. The zero-order valence-corrected chi connectivity index (χ0v) is 13.2. The number of amides is 2. The van der Waals surface area contributed by atoms with Gasteiger partial charge in [0.25, 0.3) is 5.66 Å². The summed E-state index contributed by atoms with van der Waals surface area (Å²) in [5.74, 6) is 0.774. The fraction of sp³-hybridized carbons (Fsp3) is 0.188. The molecule has 2 amide bonds. The van der Waals surface area contributed by atoms with Crippen molar-refractivity contribution in [3.63, 3.8) is 0 Å². The van der Waals surface area contributed by atoms with E-state index in [2.05, 4.69) is 26.4 Å². The Morgan fingerprint density at radius 2 is 1.95 bits per heavy atom. The number of halogens is 1. The zero-order valence-electron chi connectivity index (χ0n) is 11.6. The maximum Gasteiger partial charge on any atom is 0.519 e. The van der Waals surface area contributed by atoms with Crippen molar-refractivity contribution in [2.75, 3.05) is 6.61 Å². The van der Waals surface area contributed by atoms with Gasteiger partial charge >= 0.3 is 6.03 Å². The number of carbonyl (C=O) groups is 1. The Balaban J connectivity index is 1.82. The molecule has 0 fully saturated rings. The largest absolute Gasteiger partial charge is 0.519 e. The molecule has 0 radical (unpaired) electrons. The molecular formula is C16H13BrN3O2+. The predicted molar refractivity (Wildman–Crippen MR) is 83.3 cm³/mol. The Hall–Kier alpha value is -2.21. The molecule has 6 heteroatoms. The highest BCUT2D eigenvalue weighted by Crippen LogP contribution is 2.41. The van der Waals surface area contributed by atoms with Gasteiger partial charge in [0, 0.05) is 4.47 Å². The highest BCUT2D eigenvalue weighted by molar-refractivity contribution is 9.10. The minimum absolute atomic E-state index is 0.223. The van der Waals surface area contributed by atoms with E-state index in [1.807, 2.05) is 48.5 Å². The summed E-state index contributed by atoms with van der Waals surface area (Å²) in [7, 11) is 0. The average molecular weight is 359 g/mol. The lowest BCUT2D eigenvalue weighted by Gasteiger charge is -2.27. The number of para-hydroxylation sites is 1. The molecule has 2 aliphatic rings. The molecule has 2 aliphatic heterocycles. The zero-order chi connectivity index (χ0) is 15.2. The lowest BCUT2D eigenvalue weighted by molar-refractivity contribution is -0.404. The molecule has 1 atom stereocenters. The number of carbonyl (C=O) groups excluding carboxylic acids is 1. The number of ether oxygens (including phenoxy) is 1. The summed E-state index contributed by atoms with van der Waals surface area (Å²) >= 11 is 3.39. The number of azo groups is 2. The maximum absolute atomic E-state index is 12.4. The molecule has 4 rings (SSSR count). The number of rotatable bonds is 1. The molecule has 110 valence electrons. The minimum atomic E-state index is -0.737. The van der Waals surface area contributed by atoms with Gasteiger partial charge in [-0.15, -0.1) is 0 Å². The van der Waals surface area contributed by atoms with Crippen molar-refractivity contribution >= 4 is 27.6 Å². The van der Waals surface area contributed by atoms with E-state index in [1.165, 1.54) is 4.70 Å². The van der Waals surface area contributed by atoms with E-state index >= 15 is 0 Å². The Kier molecular flexibility index (Phi) is 3.00. The molecule has 2 aromatic carbocycles. The van der Waals surface area contributed by atoms with Gasteiger partial charge in [0.2, 0.25) is 0 Å². The first kappa shape index (κ1) is 13.5. The molecule has 1 N–H and O–H groups in total. The van der Waals surface area contributed by atoms with Crippen molar-refractivity contribution in [2.24, 2.45) is 5.11 Å². The van der Waals surface area contributed by atoms with Crippen LogP contribution in [0.3, 0.4) is 0 Å². The van der Waals surface area contributed by atoms with E-state index in [9.17, 15) is 4.79 Å². The second-order valence-corrected chi connectivity index (χ2v) is 6.19. The fourth-order valence-corrected chi connectivity index (χ4v) is 3.10. The van der Waals surface area contributed by atoms with Crippen molar-refractivity contribution in [1.29, 1.82) is 0 Å². The van der Waals surface area contributed by atoms with Crippen molar-refractivity contribution in [2.45, 2.75) is 12.1 Å². The summed E-state index contributed by atoms with van der Waals surface area (Å²) in [5.41, 5.74) is 0.898. The van der Waals surface area contributed by atoms with Crippen LogP contribution in [0.25, 0.3) is 0 Å². The normalized spacial score (nSPS) is 22.8. The van der Waals surface area contributed by atoms with Crippen LogP contribution in [0.2, 0.25) is 0 Å². The third kappa shape index (κ3) is 2.02. The quantitative estimate of drug-likeness (QED) is 0.785. The Labute approximate surface area is 135 Å². The molecule has 22 heavy (non-hydrogen) atoms. The fourth-order valence-electron chi connectivity index (χ4n) is 2.84. The number of hydrogen-bond donors (Lipinski definition) is 1. The lowest BCUT2D eigenvalue weighted by atomic mass is 9.94. The van der Waals surface area contributed by atoms with Gasteiger partial charge in [-0.2, -0.15) is 4.79 Å². The Morgan fingerprint density at radius 1 is 1.18 bits per heavy atom. The number of fused-ring (bicyclic) bond motifs is 2. The van der Waals surface area contributed by atoms with Crippen molar-refractivity contribution < 1.29 is 14.2 Å². The van der Waals surface area contributed by atoms with Crippen molar-refractivity contribution in [1.82, 2.24) is 5.32 Å². The Morgan fingerprint density at radius 3 is 2.77 bits per heavy atom. The molecule has 0 aromatic heterocycles. The first-order valence-electron chi connectivity index (χ1n) is 7.01. The highest BCUT2D eigenvalue weighted by Gasteiger charge is 2.52. The van der Waals surface area contributed by atoms with Crippen molar-refractivity contribution in [3.8, 4) is 5.75 Å². The van der Waals surface area contributed by atoms with Crippen LogP contribution >= 0.6 is 15.9 Å². The van der Waals surface area contributed by atoms with E-state index in [1.54, 1.807) is 0 Å². The average Bonchev–Trinajstić information content (AvgIpc) is 2.86. The molecule has 0 saturated heterocycles. The van der Waals surface area contributed by atoms with Gasteiger partial charge in [0.05, 0.1) is 18.6 Å². The van der Waals surface area contributed by atoms with Crippen LogP contribution in [-0.2, 0) is 5.66 Å². The van der Waals surface area contributed by atoms with Gasteiger partial charge in [0.1, 0.15) is 5.75 Å². The summed E-state index contributed by atoms with van der Waals surface area (Å²) < 4.78 is 8.05. The van der Waals surface area contributed by atoms with Crippen LogP contribution in [0.4, 0.5) is 10.5 Å². The van der Waals surface area contributed by atoms with Crippen LogP contribution in [0.15, 0.2) is 58.1 Å². The van der Waals surface area contributed by atoms with Gasteiger partial charge < -0.3 is 4.74 Å². The number of benzene rings is 2. The summed E-state index contributed by atoms with van der Waals surface area (Å²) in [6, 6.07) is 15.0. The van der Waals surface area contributed by atoms with E-state index in [0.717, 1.165) is 21.5 Å². The molecule has 2 heterocycles. The van der Waals surface area contributed by atoms with E-state index in [0.29, 0.717) is 13.0 Å². The van der Waals surface area contributed by atoms with Crippen molar-refractivity contribution in [3.05, 3.63) is 58.6 Å². The molecule has 1 spiro atoms. The van der Waals surface area contributed by atoms with Gasteiger partial charge in [-0.25, -0.2) is 5.32 Å². The molecule has 0 bridgehead atoms. The van der Waals surface area contributed by atoms with Crippen LogP contribution in [0, 0.1) is 0 Å². The molecule has 2 aromatic rings. The standard InChI is InChI=1S/C16H12BrN3O2/c17-11-5-7-12(8-6-11)20-15(21)18-16(19-20)9-10-22-14-4-2-1-3-13(14)16/h1-8H,9-10H2/p+1. The minimum Gasteiger partial charge on any atom is -0.493 e. The Bertz CT molecular complexity index is 788. The summed E-state index contributed by atoms with van der Waals surface area (Å²) in [6.45, 7) is 0.523. The van der Waals surface area contributed by atoms with Gasteiger partial charge in [-0.3, -0.25) is 0 Å². The number of hydrogen-bond acceptors (Lipinski definition) is 3. The second-order valence-electron chi connectivity index (χ2n) is 5.27. The smallest absolute Gasteiger partial charge is 0.493 e. The van der Waals surface area contributed by atoms with Crippen LogP contribution < -0.4 is 10.1 Å². The monoisotopic (exact) mass is 358 g/mol. The van der Waals surface area contributed by atoms with Gasteiger partial charge in [-0.05, 0) is 36.4 Å². The molecule has 0 aliphatic carbocycles. The molecular weight excluding hydrogens is 346 g/mol. The second kappa shape index (κ2) is 4.91. The van der Waals surface area contributed by atoms with Crippen LogP contribution in [0.1, 0.15) is 12.0 Å². The summed E-state index contributed by atoms with van der Waals surface area (Å²) in [6.07, 6.45) is 0.614. The lowest BCUT2D eigenvalue weighted by Crippen LogP contribution is -2.43. The van der Waals surface area contributed by atoms with Crippen LogP contribution in [0.5, 0.6) is 5.75 Å². The molecule has 5 nitrogen and oxygen atoms in total. The molecule has 1 unspecified atom stereocenters. The predicted octanol–water partition coefficient (Wildman–Crippen LogP) is 3.90. The number of nitrogens with zero attached hydrogens (tertiary/aromatic N) is 2. The van der Waals surface area contributed by atoms with E-state index in [4.69, 9.17) is 4.74 Å². The summed E-state index contributed by atoms with van der Waals surface area (Å²) in [4.78, 5) is 12.4.